The zero-order valence-corrected chi connectivity index (χ0v) is 14.3. The zero-order valence-electron chi connectivity index (χ0n) is 13.5. The monoisotopic (exact) mass is 336 g/mol. The van der Waals surface area contributed by atoms with Crippen molar-refractivity contribution >= 4 is 15.9 Å². The third-order valence-electron chi connectivity index (χ3n) is 4.68. The molecule has 2 aliphatic rings. The highest BCUT2D eigenvalue weighted by molar-refractivity contribution is 7.89. The van der Waals surface area contributed by atoms with Crippen molar-refractivity contribution in [3.05, 3.63) is 29.8 Å². The van der Waals surface area contributed by atoms with Crippen LogP contribution in [0, 0.1) is 18.8 Å². The number of aryl methyl sites for hydroxylation is 1. The van der Waals surface area contributed by atoms with Gasteiger partial charge in [0, 0.05) is 19.6 Å². The minimum absolute atomic E-state index is 0.000654. The Kier molecular flexibility index (Phi) is 4.73. The number of hydrogen-bond acceptors (Lipinski definition) is 3. The van der Waals surface area contributed by atoms with Crippen molar-refractivity contribution in [2.24, 2.45) is 11.8 Å². The molecule has 1 aromatic carbocycles. The first-order chi connectivity index (χ1) is 11.0. The summed E-state index contributed by atoms with van der Waals surface area (Å²) in [6.07, 6.45) is 3.88. The van der Waals surface area contributed by atoms with Gasteiger partial charge in [-0.3, -0.25) is 4.79 Å². The second-order valence-corrected chi connectivity index (χ2v) is 8.64. The zero-order chi connectivity index (χ0) is 16.4. The van der Waals surface area contributed by atoms with E-state index in [4.69, 9.17) is 0 Å². The second-order valence-electron chi connectivity index (χ2n) is 6.70. The van der Waals surface area contributed by atoms with E-state index in [1.165, 1.54) is 17.1 Å². The maximum absolute atomic E-state index is 12.7. The Balaban J connectivity index is 1.66. The van der Waals surface area contributed by atoms with E-state index in [1.807, 2.05) is 6.92 Å². The van der Waals surface area contributed by atoms with Crippen molar-refractivity contribution in [3.8, 4) is 0 Å². The van der Waals surface area contributed by atoms with Crippen molar-refractivity contribution in [1.29, 1.82) is 0 Å². The molecule has 1 amide bonds. The van der Waals surface area contributed by atoms with Crippen molar-refractivity contribution in [2.45, 2.75) is 37.5 Å². The van der Waals surface area contributed by atoms with Gasteiger partial charge >= 0.3 is 0 Å². The van der Waals surface area contributed by atoms with E-state index >= 15 is 0 Å². The molecule has 1 heterocycles. The topological polar surface area (TPSA) is 66.5 Å². The first-order valence-electron chi connectivity index (χ1n) is 8.31. The Morgan fingerprint density at radius 3 is 2.57 bits per heavy atom. The van der Waals surface area contributed by atoms with Gasteiger partial charge in [-0.2, -0.15) is 4.31 Å². The third kappa shape index (κ3) is 3.93. The molecule has 0 radical (unpaired) electrons. The molecule has 5 nitrogen and oxygen atoms in total. The largest absolute Gasteiger partial charge is 0.356 e. The van der Waals surface area contributed by atoms with Gasteiger partial charge in [0.05, 0.1) is 10.8 Å². The number of nitrogens with zero attached hydrogens (tertiary/aromatic N) is 1. The lowest BCUT2D eigenvalue weighted by molar-refractivity contribution is -0.126. The highest BCUT2D eigenvalue weighted by Gasteiger charge is 2.33. The molecule has 6 heteroatoms. The lowest BCUT2D eigenvalue weighted by atomic mass is 9.99. The van der Waals surface area contributed by atoms with Crippen LogP contribution >= 0.6 is 0 Å². The van der Waals surface area contributed by atoms with E-state index in [1.54, 1.807) is 24.3 Å². The van der Waals surface area contributed by atoms with Crippen LogP contribution in [0.2, 0.25) is 0 Å². The van der Waals surface area contributed by atoms with E-state index in [-0.39, 0.29) is 18.4 Å². The summed E-state index contributed by atoms with van der Waals surface area (Å²) in [5.74, 6) is 0.401. The van der Waals surface area contributed by atoms with Crippen LogP contribution in [-0.2, 0) is 14.8 Å². The molecule has 1 aliphatic heterocycles. The highest BCUT2D eigenvalue weighted by atomic mass is 32.2. The number of carbonyl (C=O) groups is 1. The highest BCUT2D eigenvalue weighted by Crippen LogP contribution is 2.28. The van der Waals surface area contributed by atoms with Crippen LogP contribution < -0.4 is 5.32 Å². The summed E-state index contributed by atoms with van der Waals surface area (Å²) in [6, 6.07) is 6.89. The molecular formula is C17H24N2O3S. The molecule has 1 aromatic rings. The van der Waals surface area contributed by atoms with E-state index in [2.05, 4.69) is 5.32 Å². The fourth-order valence-corrected chi connectivity index (χ4v) is 4.47. The molecule has 2 fully saturated rings. The molecule has 23 heavy (non-hydrogen) atoms. The van der Waals surface area contributed by atoms with E-state index < -0.39 is 10.0 Å². The first kappa shape index (κ1) is 16.5. The minimum atomic E-state index is -3.51. The van der Waals surface area contributed by atoms with Crippen molar-refractivity contribution < 1.29 is 13.2 Å². The smallest absolute Gasteiger partial charge is 0.243 e. The quantitative estimate of drug-likeness (QED) is 0.893. The Morgan fingerprint density at radius 2 is 1.91 bits per heavy atom. The SMILES string of the molecule is Cc1ccc(S(=O)(=O)N2CCC[C@H](C(=O)NCC3CC3)C2)cc1. The number of amides is 1. The Labute approximate surface area is 138 Å². The normalized spacial score (nSPS) is 22.7. The molecule has 1 aliphatic carbocycles. The summed E-state index contributed by atoms with van der Waals surface area (Å²) in [5, 5.41) is 2.97. The lowest BCUT2D eigenvalue weighted by Crippen LogP contribution is -2.45. The van der Waals surface area contributed by atoms with Crippen LogP contribution in [0.3, 0.4) is 0 Å². The Hall–Kier alpha value is -1.40. The maximum Gasteiger partial charge on any atom is 0.243 e. The number of rotatable bonds is 5. The van der Waals surface area contributed by atoms with E-state index in [9.17, 15) is 13.2 Å². The minimum Gasteiger partial charge on any atom is -0.356 e. The average molecular weight is 336 g/mol. The fourth-order valence-electron chi connectivity index (χ4n) is 2.95. The van der Waals surface area contributed by atoms with Crippen LogP contribution in [0.25, 0.3) is 0 Å². The second kappa shape index (κ2) is 6.61. The van der Waals surface area contributed by atoms with Gasteiger partial charge in [-0.1, -0.05) is 17.7 Å². The Morgan fingerprint density at radius 1 is 1.22 bits per heavy atom. The summed E-state index contributed by atoms with van der Waals surface area (Å²) in [6.45, 7) is 3.44. The molecule has 0 aromatic heterocycles. The van der Waals surface area contributed by atoms with Crippen LogP contribution in [0.5, 0.6) is 0 Å². The third-order valence-corrected chi connectivity index (χ3v) is 6.55. The fraction of sp³-hybridized carbons (Fsp3) is 0.588. The van der Waals surface area contributed by atoms with Gasteiger partial charge in [-0.05, 0) is 50.7 Å². The standard InChI is InChI=1S/C17H24N2O3S/c1-13-4-8-16(9-5-13)23(21,22)19-10-2-3-15(12-19)17(20)18-11-14-6-7-14/h4-5,8-9,14-15H,2-3,6-7,10-12H2,1H3,(H,18,20)/t15-/m0/s1. The molecule has 1 atom stereocenters. The summed E-state index contributed by atoms with van der Waals surface area (Å²) in [4.78, 5) is 12.6. The summed E-state index contributed by atoms with van der Waals surface area (Å²) in [5.41, 5.74) is 1.03. The first-order valence-corrected chi connectivity index (χ1v) is 9.75. The van der Waals surface area contributed by atoms with Crippen molar-refractivity contribution in [1.82, 2.24) is 9.62 Å². The number of nitrogens with one attached hydrogen (secondary N) is 1. The van der Waals surface area contributed by atoms with Crippen LogP contribution in [0.1, 0.15) is 31.2 Å². The van der Waals surface area contributed by atoms with Gasteiger partial charge < -0.3 is 5.32 Å². The molecule has 1 N–H and O–H groups in total. The molecule has 0 unspecified atom stereocenters. The predicted molar refractivity (Wildman–Crippen MR) is 88.4 cm³/mol. The van der Waals surface area contributed by atoms with Crippen molar-refractivity contribution in [2.75, 3.05) is 19.6 Å². The van der Waals surface area contributed by atoms with Gasteiger partial charge in [0.15, 0.2) is 0 Å². The Bertz CT molecular complexity index is 666. The molecule has 126 valence electrons. The number of piperidine rings is 1. The molecular weight excluding hydrogens is 312 g/mol. The summed E-state index contributed by atoms with van der Waals surface area (Å²) >= 11 is 0. The van der Waals surface area contributed by atoms with Crippen LogP contribution in [-0.4, -0.2) is 38.3 Å². The molecule has 3 rings (SSSR count). The number of hydrogen-bond donors (Lipinski definition) is 1. The molecule has 1 saturated heterocycles. The summed E-state index contributed by atoms with van der Waals surface area (Å²) < 4.78 is 26.9. The van der Waals surface area contributed by atoms with Gasteiger partial charge in [0.2, 0.25) is 15.9 Å². The molecule has 1 saturated carbocycles. The summed E-state index contributed by atoms with van der Waals surface area (Å²) in [7, 11) is -3.51. The van der Waals surface area contributed by atoms with Gasteiger partial charge in [-0.15, -0.1) is 0 Å². The number of sulfonamides is 1. The van der Waals surface area contributed by atoms with E-state index in [0.717, 1.165) is 24.9 Å². The maximum atomic E-state index is 12.7. The predicted octanol–water partition coefficient (Wildman–Crippen LogP) is 1.92. The molecule has 0 spiro atoms. The average Bonchev–Trinajstić information content (AvgIpc) is 3.37. The van der Waals surface area contributed by atoms with Crippen molar-refractivity contribution in [3.63, 3.8) is 0 Å². The van der Waals surface area contributed by atoms with Gasteiger partial charge in [-0.25, -0.2) is 8.42 Å². The van der Waals surface area contributed by atoms with E-state index in [0.29, 0.717) is 17.4 Å². The number of carbonyl (C=O) groups excluding carboxylic acids is 1. The van der Waals surface area contributed by atoms with Crippen LogP contribution in [0.4, 0.5) is 0 Å². The molecule has 0 bridgehead atoms. The van der Waals surface area contributed by atoms with Crippen LogP contribution in [0.15, 0.2) is 29.2 Å². The van der Waals surface area contributed by atoms with Gasteiger partial charge in [0.1, 0.15) is 0 Å². The lowest BCUT2D eigenvalue weighted by Gasteiger charge is -2.31. The van der Waals surface area contributed by atoms with Gasteiger partial charge in [0.25, 0.3) is 0 Å². The number of benzene rings is 1.